The zero-order valence-electron chi connectivity index (χ0n) is 2.41. The van der Waals surface area contributed by atoms with E-state index in [0.29, 0.717) is 0 Å². The normalized spacial score (nSPS) is 1.60. The molecule has 0 spiro atoms. The second kappa shape index (κ2) is 21.4. The summed E-state index contributed by atoms with van der Waals surface area (Å²) in [6.45, 7) is 0. The molecule has 0 aliphatic rings. The molecule has 5 heavy (non-hydrogen) atoms. The van der Waals surface area contributed by atoms with Gasteiger partial charge in [0.2, 0.25) is 0 Å². The van der Waals surface area contributed by atoms with Gasteiger partial charge in [-0.15, -0.1) is 0 Å². The van der Waals surface area contributed by atoms with Gasteiger partial charge in [0.05, 0.1) is 5.16 Å². The Kier molecular flexibility index (Phi) is 72.9. The van der Waals surface area contributed by atoms with Crippen molar-refractivity contribution < 1.29 is 0 Å². The Labute approximate surface area is 59.6 Å². The molecule has 1 nitrogen and oxygen atoms in total. The first-order valence-electron chi connectivity index (χ1n) is 0.454. The first kappa shape index (κ1) is 17.0. The first-order valence-corrected chi connectivity index (χ1v) is 0.862. The fraction of sp³-hybridized carbons (Fsp3) is 0. The van der Waals surface area contributed by atoms with Crippen LogP contribution in [0.25, 0.3) is 0 Å². The van der Waals surface area contributed by atoms with Gasteiger partial charge in [0.15, 0.2) is 0 Å². The molecule has 3 heteroatoms. The summed E-state index contributed by atoms with van der Waals surface area (Å²) < 4.78 is 0. The molecule has 25 valence electrons. The molecule has 0 unspecified atom stereocenters. The zero-order chi connectivity index (χ0) is 2.71. The topological polar surface area (TPSA) is 23.9 Å². The van der Waals surface area contributed by atoms with Crippen molar-refractivity contribution in [3.8, 4) is 0 Å². The Morgan fingerprint density at radius 1 is 1.60 bits per heavy atom. The van der Waals surface area contributed by atoms with Crippen LogP contribution in [-0.4, -0.2) is 34.7 Å². The summed E-state index contributed by atoms with van der Waals surface area (Å²) in [6, 6.07) is 0. The average Bonchev–Trinajstić information content (AvgIpc) is 0.918. The molecule has 0 aromatic heterocycles. The van der Waals surface area contributed by atoms with Gasteiger partial charge in [-0.05, 0) is 12.2 Å². The van der Waals surface area contributed by atoms with E-state index in [1.807, 2.05) is 0 Å². The molecule has 0 atom stereocenters. The van der Waals surface area contributed by atoms with Gasteiger partial charge in [-0.25, -0.2) is 5.41 Å². The molecular formula is C2H5NNaS. The van der Waals surface area contributed by atoms with Gasteiger partial charge >= 0.3 is 29.6 Å². The van der Waals surface area contributed by atoms with Gasteiger partial charge in [-0.1, -0.05) is 7.43 Å². The van der Waals surface area contributed by atoms with Crippen molar-refractivity contribution in [3.63, 3.8) is 0 Å². The van der Waals surface area contributed by atoms with Crippen molar-refractivity contribution in [1.29, 1.82) is 5.41 Å². The number of isothiocyanates is 1. The van der Waals surface area contributed by atoms with E-state index in [2.05, 4.69) is 12.2 Å². The van der Waals surface area contributed by atoms with Crippen LogP contribution in [0, 0.1) is 12.8 Å². The summed E-state index contributed by atoms with van der Waals surface area (Å²) in [5.41, 5.74) is 0. The van der Waals surface area contributed by atoms with Crippen LogP contribution in [0.1, 0.15) is 0 Å². The zero-order valence-corrected chi connectivity index (χ0v) is 3.22. The van der Waals surface area contributed by atoms with Crippen LogP contribution in [0.4, 0.5) is 0 Å². The van der Waals surface area contributed by atoms with Gasteiger partial charge in [0.25, 0.3) is 0 Å². The van der Waals surface area contributed by atoms with Crippen molar-refractivity contribution in [1.82, 2.24) is 0 Å². The maximum atomic E-state index is 5.77. The van der Waals surface area contributed by atoms with Crippen molar-refractivity contribution in [2.24, 2.45) is 0 Å². The number of rotatable bonds is 0. The SMILES string of the molecule is N=C=S.[CH3].[NaH]. The molecule has 0 amide bonds. The van der Waals surface area contributed by atoms with E-state index in [4.69, 9.17) is 5.41 Å². The second-order valence-corrected chi connectivity index (χ2v) is 0.306. The number of hydrogen-bond donors (Lipinski definition) is 1. The fourth-order valence-corrected chi connectivity index (χ4v) is 0. The summed E-state index contributed by atoms with van der Waals surface area (Å²) >= 11 is 3.81. The van der Waals surface area contributed by atoms with Crippen molar-refractivity contribution in [2.75, 3.05) is 0 Å². The van der Waals surface area contributed by atoms with Gasteiger partial charge in [0.1, 0.15) is 0 Å². The molecule has 1 N–H and O–H groups in total. The molecule has 0 aliphatic carbocycles. The average molecular weight is 98.1 g/mol. The third-order valence-electron chi connectivity index (χ3n) is 0. The van der Waals surface area contributed by atoms with E-state index in [0.717, 1.165) is 0 Å². The van der Waals surface area contributed by atoms with Crippen LogP contribution in [0.3, 0.4) is 0 Å². The number of thiocarbonyl (C=S) groups is 1. The quantitative estimate of drug-likeness (QED) is 0.266. The summed E-state index contributed by atoms with van der Waals surface area (Å²) in [5.74, 6) is 0. The molecule has 0 rings (SSSR count). The molecule has 0 heterocycles. The van der Waals surface area contributed by atoms with Gasteiger partial charge in [-0.3, -0.25) is 0 Å². The third kappa shape index (κ3) is 58.8. The minimum atomic E-state index is 0. The van der Waals surface area contributed by atoms with Gasteiger partial charge in [-0.2, -0.15) is 0 Å². The molecule has 1 radical (unpaired) electrons. The minimum absolute atomic E-state index is 0. The molecule has 0 saturated heterocycles. The molecule has 0 bridgehead atoms. The summed E-state index contributed by atoms with van der Waals surface area (Å²) in [5, 5.41) is 7.36. The molecular weight excluding hydrogens is 93.1 g/mol. The Morgan fingerprint density at radius 3 is 1.60 bits per heavy atom. The van der Waals surface area contributed by atoms with Crippen LogP contribution in [0.5, 0.6) is 0 Å². The van der Waals surface area contributed by atoms with Crippen molar-refractivity contribution in [2.45, 2.75) is 0 Å². The standard InChI is InChI=1S/CHNS.CH3.Na.H/c2-1-3;;;/h2H;1H3;;. The second-order valence-electron chi connectivity index (χ2n) is 0.102. The predicted octanol–water partition coefficient (Wildman–Crippen LogP) is 0.470. The van der Waals surface area contributed by atoms with Crippen molar-refractivity contribution in [3.05, 3.63) is 7.43 Å². The molecule has 0 fully saturated rings. The van der Waals surface area contributed by atoms with Gasteiger partial charge < -0.3 is 0 Å². The summed E-state index contributed by atoms with van der Waals surface area (Å²) in [6.07, 6.45) is 0. The Morgan fingerprint density at radius 2 is 1.60 bits per heavy atom. The van der Waals surface area contributed by atoms with E-state index in [1.54, 1.807) is 5.16 Å². The van der Waals surface area contributed by atoms with Crippen LogP contribution in [0.2, 0.25) is 0 Å². The molecule has 0 aliphatic heterocycles. The van der Waals surface area contributed by atoms with Crippen LogP contribution < -0.4 is 0 Å². The predicted molar refractivity (Wildman–Crippen MR) is 28.9 cm³/mol. The molecule has 0 saturated carbocycles. The van der Waals surface area contributed by atoms with Gasteiger partial charge in [0, 0.05) is 0 Å². The van der Waals surface area contributed by atoms with E-state index in [-0.39, 0.29) is 37.0 Å². The number of hydrogen-bond acceptors (Lipinski definition) is 2. The third-order valence-corrected chi connectivity index (χ3v) is 0. The van der Waals surface area contributed by atoms with E-state index in [1.165, 1.54) is 0 Å². The summed E-state index contributed by atoms with van der Waals surface area (Å²) in [4.78, 5) is 0. The van der Waals surface area contributed by atoms with Crippen LogP contribution in [-0.2, 0) is 0 Å². The van der Waals surface area contributed by atoms with Crippen LogP contribution in [0.15, 0.2) is 0 Å². The molecule has 0 aromatic carbocycles. The maximum absolute atomic E-state index is 5.77. The first-order chi connectivity index (χ1) is 1.41. The Bertz CT molecular complexity index is 30.6. The Hall–Kier alpha value is 0.800. The van der Waals surface area contributed by atoms with Crippen molar-refractivity contribution >= 4 is 46.9 Å². The Balaban J connectivity index is -0.0000000200. The van der Waals surface area contributed by atoms with Crippen LogP contribution >= 0.6 is 12.2 Å². The summed E-state index contributed by atoms with van der Waals surface area (Å²) in [7, 11) is 0. The fourth-order valence-electron chi connectivity index (χ4n) is 0. The van der Waals surface area contributed by atoms with E-state index >= 15 is 0 Å². The van der Waals surface area contributed by atoms with E-state index < -0.39 is 0 Å². The number of nitrogens with one attached hydrogen (secondary N) is 1. The molecule has 0 aromatic rings. The van der Waals surface area contributed by atoms with E-state index in [9.17, 15) is 0 Å². The monoisotopic (exact) mass is 98.0 g/mol.